The van der Waals surface area contributed by atoms with Crippen molar-refractivity contribution in [1.29, 1.82) is 0 Å². The zero-order valence-corrected chi connectivity index (χ0v) is 24.5. The number of nitrogens with one attached hydrogen (secondary N) is 2. The van der Waals surface area contributed by atoms with Gasteiger partial charge in [-0.05, 0) is 42.5 Å². The molecule has 0 aromatic heterocycles. The van der Waals surface area contributed by atoms with E-state index in [-0.39, 0.29) is 24.4 Å². The summed E-state index contributed by atoms with van der Waals surface area (Å²) in [6, 6.07) is 19.8. The van der Waals surface area contributed by atoms with Gasteiger partial charge in [0.2, 0.25) is 18.0 Å². The van der Waals surface area contributed by atoms with Crippen LogP contribution in [0.3, 0.4) is 0 Å². The summed E-state index contributed by atoms with van der Waals surface area (Å²) in [6.45, 7) is 7.52. The highest BCUT2D eigenvalue weighted by Gasteiger charge is 2.37. The molecule has 4 rings (SSSR count). The van der Waals surface area contributed by atoms with Crippen LogP contribution in [0.1, 0.15) is 43.4 Å². The number of hydrogen-bond acceptors (Lipinski definition) is 4. The molecule has 0 saturated carbocycles. The Hall–Kier alpha value is -4.66. The maximum atomic E-state index is 13.9. The Balaban J connectivity index is 1.64. The summed E-state index contributed by atoms with van der Waals surface area (Å²) in [4.78, 5) is 47.3. The Kier molecular flexibility index (Phi) is 10.2. The van der Waals surface area contributed by atoms with Gasteiger partial charge in [0.25, 0.3) is 5.91 Å². The van der Waals surface area contributed by atoms with Crippen molar-refractivity contribution in [3.63, 3.8) is 0 Å². The van der Waals surface area contributed by atoms with Crippen LogP contribution in [0.5, 0.6) is 0 Å². The van der Waals surface area contributed by atoms with E-state index in [9.17, 15) is 23.2 Å². The van der Waals surface area contributed by atoms with E-state index in [1.165, 1.54) is 4.90 Å². The molecule has 0 bridgehead atoms. The second-order valence-electron chi connectivity index (χ2n) is 11.0. The molecule has 3 aromatic carbocycles. The van der Waals surface area contributed by atoms with Crippen LogP contribution in [0.2, 0.25) is 0 Å². The first-order valence-corrected chi connectivity index (χ1v) is 14.2. The van der Waals surface area contributed by atoms with E-state index in [0.717, 1.165) is 29.3 Å². The number of allylic oxidation sites excluding steroid dienone is 1. The molecule has 1 aliphatic rings. The number of fused-ring (bicyclic) bond motifs is 1. The fourth-order valence-corrected chi connectivity index (χ4v) is 5.31. The zero-order valence-electron chi connectivity index (χ0n) is 24.5. The summed E-state index contributed by atoms with van der Waals surface area (Å²) < 4.78 is 27.4. The summed E-state index contributed by atoms with van der Waals surface area (Å²) in [5.41, 5.74) is 3.00. The summed E-state index contributed by atoms with van der Waals surface area (Å²) in [7, 11) is 1.64. The average Bonchev–Trinajstić information content (AvgIpc) is 3.08. The molecule has 0 saturated heterocycles. The highest BCUT2D eigenvalue weighted by atomic mass is 19.1. The van der Waals surface area contributed by atoms with Gasteiger partial charge in [-0.25, -0.2) is 13.8 Å². The SMILES string of the molecule is C=CCC(C(=O)NCc1cc(F)cc(F)c1)C(CC(C)C)C(=O)NC1N=C(c2ccccc2)c2ccccc2N(C)C1=O. The molecule has 0 fully saturated rings. The van der Waals surface area contributed by atoms with Gasteiger partial charge >= 0.3 is 0 Å². The van der Waals surface area contributed by atoms with Crippen LogP contribution in [0, 0.1) is 29.4 Å². The van der Waals surface area contributed by atoms with Crippen molar-refractivity contribution >= 4 is 29.1 Å². The summed E-state index contributed by atoms with van der Waals surface area (Å²) in [5.74, 6) is -4.52. The van der Waals surface area contributed by atoms with Crippen LogP contribution in [0.25, 0.3) is 0 Å². The highest BCUT2D eigenvalue weighted by Crippen LogP contribution is 2.29. The minimum absolute atomic E-state index is 0.0355. The fourth-order valence-electron chi connectivity index (χ4n) is 5.31. The van der Waals surface area contributed by atoms with E-state index < -0.39 is 47.4 Å². The molecular formula is C34H36F2N4O3. The molecule has 3 aromatic rings. The van der Waals surface area contributed by atoms with Gasteiger partial charge < -0.3 is 15.5 Å². The maximum absolute atomic E-state index is 13.9. The Morgan fingerprint density at radius 3 is 2.28 bits per heavy atom. The standard InChI is InChI=1S/C34H36F2N4O3/c1-5-11-26(32(41)37-20-22-17-24(35)19-25(36)18-22)28(16-21(2)3)33(42)39-31-34(43)40(4)29-15-10-9-14-27(29)30(38-31)23-12-7-6-8-13-23/h5-10,12-15,17-19,21,26,28,31H,1,11,16,20H2,2-4H3,(H,37,41)(H,39,42). The van der Waals surface area contributed by atoms with E-state index in [0.29, 0.717) is 17.8 Å². The smallest absolute Gasteiger partial charge is 0.272 e. The Morgan fingerprint density at radius 1 is 0.977 bits per heavy atom. The van der Waals surface area contributed by atoms with Crippen molar-refractivity contribution in [3.8, 4) is 0 Å². The van der Waals surface area contributed by atoms with Crippen LogP contribution in [-0.2, 0) is 20.9 Å². The minimum atomic E-state index is -1.24. The predicted molar refractivity (Wildman–Crippen MR) is 163 cm³/mol. The van der Waals surface area contributed by atoms with Crippen molar-refractivity contribution in [2.45, 2.75) is 39.4 Å². The second-order valence-corrected chi connectivity index (χ2v) is 11.0. The number of benzene rings is 3. The molecule has 0 spiro atoms. The van der Waals surface area contributed by atoms with E-state index in [2.05, 4.69) is 17.2 Å². The average molecular weight is 587 g/mol. The lowest BCUT2D eigenvalue weighted by molar-refractivity contribution is -0.137. The zero-order chi connectivity index (χ0) is 31.1. The molecule has 2 N–H and O–H groups in total. The molecular weight excluding hydrogens is 550 g/mol. The monoisotopic (exact) mass is 586 g/mol. The van der Waals surface area contributed by atoms with Crippen molar-refractivity contribution in [1.82, 2.24) is 10.6 Å². The molecule has 43 heavy (non-hydrogen) atoms. The number of anilines is 1. The second kappa shape index (κ2) is 14.0. The number of carbonyl (C=O) groups excluding carboxylic acids is 3. The highest BCUT2D eigenvalue weighted by molar-refractivity contribution is 6.20. The first-order chi connectivity index (χ1) is 20.6. The van der Waals surface area contributed by atoms with Crippen LogP contribution in [0.4, 0.5) is 14.5 Å². The Labute approximate surface area is 250 Å². The Morgan fingerprint density at radius 2 is 1.63 bits per heavy atom. The molecule has 3 unspecified atom stereocenters. The molecule has 3 atom stereocenters. The summed E-state index contributed by atoms with van der Waals surface area (Å²) in [5, 5.41) is 5.54. The summed E-state index contributed by atoms with van der Waals surface area (Å²) >= 11 is 0. The number of hydrogen-bond donors (Lipinski definition) is 2. The molecule has 1 aliphatic heterocycles. The quantitative estimate of drug-likeness (QED) is 0.295. The molecule has 224 valence electrons. The lowest BCUT2D eigenvalue weighted by Crippen LogP contribution is -2.50. The molecule has 7 nitrogen and oxygen atoms in total. The number of nitrogens with zero attached hydrogens (tertiary/aromatic N) is 2. The number of carbonyl (C=O) groups is 3. The molecule has 0 radical (unpaired) electrons. The Bertz CT molecular complexity index is 1500. The van der Waals surface area contributed by atoms with E-state index >= 15 is 0 Å². The fraction of sp³-hybridized carbons (Fsp3) is 0.294. The first kappa shape index (κ1) is 31.3. The number of halogens is 2. The van der Waals surface area contributed by atoms with Gasteiger partial charge in [0.05, 0.1) is 23.2 Å². The number of likely N-dealkylation sites (N-methyl/N-ethyl adjacent to an activating group) is 1. The molecule has 9 heteroatoms. The van der Waals surface area contributed by atoms with Gasteiger partial charge in [-0.1, -0.05) is 68.5 Å². The van der Waals surface area contributed by atoms with Crippen LogP contribution in [0.15, 0.2) is 90.4 Å². The number of rotatable bonds is 11. The normalized spacial score (nSPS) is 16.0. The van der Waals surface area contributed by atoms with Crippen molar-refractivity contribution in [3.05, 3.63) is 114 Å². The van der Waals surface area contributed by atoms with E-state index in [1.54, 1.807) is 13.1 Å². The lowest BCUT2D eigenvalue weighted by atomic mass is 9.82. The number of aliphatic imine (C=N–C) groups is 1. The van der Waals surface area contributed by atoms with Gasteiger partial charge in [-0.2, -0.15) is 0 Å². The van der Waals surface area contributed by atoms with Crippen molar-refractivity contribution in [2.75, 3.05) is 11.9 Å². The third-order valence-electron chi connectivity index (χ3n) is 7.36. The maximum Gasteiger partial charge on any atom is 0.272 e. The number of amides is 3. The lowest BCUT2D eigenvalue weighted by Gasteiger charge is -2.28. The first-order valence-electron chi connectivity index (χ1n) is 14.2. The number of para-hydroxylation sites is 1. The van der Waals surface area contributed by atoms with E-state index in [1.807, 2.05) is 68.4 Å². The van der Waals surface area contributed by atoms with Crippen molar-refractivity contribution < 1.29 is 23.2 Å². The van der Waals surface area contributed by atoms with Crippen LogP contribution >= 0.6 is 0 Å². The van der Waals surface area contributed by atoms with Gasteiger partial charge in [-0.3, -0.25) is 14.4 Å². The largest absolute Gasteiger partial charge is 0.352 e. The van der Waals surface area contributed by atoms with Gasteiger partial charge in [-0.15, -0.1) is 6.58 Å². The van der Waals surface area contributed by atoms with Crippen LogP contribution in [-0.4, -0.2) is 36.6 Å². The molecule has 3 amide bonds. The summed E-state index contributed by atoms with van der Waals surface area (Å²) in [6.07, 6.45) is 0.840. The topological polar surface area (TPSA) is 90.9 Å². The minimum Gasteiger partial charge on any atom is -0.352 e. The number of benzodiazepines with no additional fused rings is 1. The van der Waals surface area contributed by atoms with Crippen molar-refractivity contribution in [2.24, 2.45) is 22.7 Å². The van der Waals surface area contributed by atoms with Gasteiger partial charge in [0, 0.05) is 30.8 Å². The van der Waals surface area contributed by atoms with Crippen LogP contribution < -0.4 is 15.5 Å². The van der Waals surface area contributed by atoms with Gasteiger partial charge in [0.15, 0.2) is 0 Å². The molecule has 0 aliphatic carbocycles. The predicted octanol–water partition coefficient (Wildman–Crippen LogP) is 5.39. The third-order valence-corrected chi connectivity index (χ3v) is 7.36. The third kappa shape index (κ3) is 7.60. The van der Waals surface area contributed by atoms with Gasteiger partial charge in [0.1, 0.15) is 11.6 Å². The van der Waals surface area contributed by atoms with E-state index in [4.69, 9.17) is 4.99 Å². The molecule has 1 heterocycles.